The van der Waals surface area contributed by atoms with E-state index < -0.39 is 80.8 Å². The van der Waals surface area contributed by atoms with Crippen LogP contribution in [0, 0.1) is 11.3 Å². The number of carboxylic acids is 1. The minimum atomic E-state index is -4.20. The van der Waals surface area contributed by atoms with E-state index in [1.54, 1.807) is 64.3 Å². The van der Waals surface area contributed by atoms with E-state index in [1.165, 1.54) is 22.3 Å². The van der Waals surface area contributed by atoms with Gasteiger partial charge in [-0.25, -0.2) is 32.3 Å². The molecule has 0 radical (unpaired) electrons. The summed E-state index contributed by atoms with van der Waals surface area (Å²) in [5.41, 5.74) is -0.405. The van der Waals surface area contributed by atoms with Crippen LogP contribution >= 0.6 is 11.3 Å². The Morgan fingerprint density at radius 3 is 2.53 bits per heavy atom. The molecule has 18 nitrogen and oxygen atoms in total. The van der Waals surface area contributed by atoms with Crippen LogP contribution in [-0.4, -0.2) is 112 Å². The number of ether oxygens (including phenoxy) is 2. The van der Waals surface area contributed by atoms with E-state index >= 15 is 4.79 Å². The molecule has 2 unspecified atom stereocenters. The second-order valence-electron chi connectivity index (χ2n) is 19.3. The number of carbonyl (C=O) groups excluding carboxylic acids is 4. The molecule has 1 saturated heterocycles. The van der Waals surface area contributed by atoms with Crippen LogP contribution in [-0.2, 0) is 35.7 Å². The van der Waals surface area contributed by atoms with E-state index in [-0.39, 0.29) is 43.3 Å². The molecular formula is C48H58N8O10S2. The van der Waals surface area contributed by atoms with Crippen molar-refractivity contribution in [3.63, 3.8) is 0 Å². The maximum atomic E-state index is 15.0. The highest BCUT2D eigenvalue weighted by atomic mass is 32.2. The van der Waals surface area contributed by atoms with Gasteiger partial charge in [-0.3, -0.25) is 14.4 Å². The fraction of sp³-hybridized carbons (Fsp3) is 0.479. The summed E-state index contributed by atoms with van der Waals surface area (Å²) in [5.74, 6) is -2.76. The first kappa shape index (κ1) is 48.2. The van der Waals surface area contributed by atoms with E-state index in [0.717, 1.165) is 10.7 Å². The van der Waals surface area contributed by atoms with E-state index in [9.17, 15) is 32.7 Å². The van der Waals surface area contributed by atoms with Crippen molar-refractivity contribution < 1.29 is 47.0 Å². The number of benzene rings is 2. The Kier molecular flexibility index (Phi) is 13.5. The first-order valence-electron chi connectivity index (χ1n) is 22.9. The number of hydrogen-bond acceptors (Lipinski definition) is 13. The second kappa shape index (κ2) is 19.0. The summed E-state index contributed by atoms with van der Waals surface area (Å²) in [4.78, 5) is 81.5. The molecule has 4 aliphatic rings. The first-order valence-corrected chi connectivity index (χ1v) is 25.2. The number of thiazole rings is 1. The van der Waals surface area contributed by atoms with Crippen molar-refractivity contribution in [2.45, 2.75) is 127 Å². The molecular weight excluding hydrogens is 913 g/mol. The molecule has 1 saturated carbocycles. The standard InChI is InChI=1S/C48H58N8O10S2/c1-27(2)49-46-52-36(26-67-46)35-22-38(32-19-18-30(65-6)20-34(32)50-35)66-31-21-37-41(57)54-48(44(60)61)23-29(48)15-10-8-7-9-11-16-33(42(58)55(37)25-31)51-45(62)53-40(47(3,4)5)43(59)56-24-28-14-12-13-17-39(28)68(56,63)64/h10,12-15,17-20,22,26-27,29,31,33,37,40H,7-9,11,16,21,23-25H2,1-6H3,(H,49,52)(H,54,57)(H,60,61)(H2,51,53,62)/b15-10-/t29?,31-,33+,37+,40?,48-/m1/s1. The van der Waals surface area contributed by atoms with Crippen LogP contribution < -0.4 is 30.7 Å². The fourth-order valence-corrected chi connectivity index (χ4v) is 11.6. The molecule has 6 atom stereocenters. The third kappa shape index (κ3) is 9.83. The SMILES string of the molecule is COc1ccc2c(O[C@@H]3C[C@H]4C(=O)N[C@]5(C(=O)O)CC5/C=C\CCCCC[C@H](NC(=O)NC(C(=O)N5Cc6ccccc6S5(=O)=O)C(C)(C)C)C(=O)N4C3)cc(-c3csc(NC(C)C)n3)nc2c1. The van der Waals surface area contributed by atoms with Crippen molar-refractivity contribution in [1.82, 2.24) is 35.1 Å². The van der Waals surface area contributed by atoms with E-state index in [4.69, 9.17) is 19.4 Å². The zero-order valence-electron chi connectivity index (χ0n) is 38.9. The summed E-state index contributed by atoms with van der Waals surface area (Å²) < 4.78 is 40.1. The van der Waals surface area contributed by atoms with Gasteiger partial charge >= 0.3 is 12.0 Å². The molecule has 2 aromatic carbocycles. The number of carbonyl (C=O) groups is 5. The lowest BCUT2D eigenvalue weighted by Crippen LogP contribution is -2.60. The van der Waals surface area contributed by atoms with Crippen LogP contribution in [0.1, 0.15) is 85.1 Å². The average Bonchev–Trinajstić information content (AvgIpc) is 3.53. The number of aliphatic carboxylic acids is 1. The Balaban J connectivity index is 1.09. The third-order valence-corrected chi connectivity index (χ3v) is 15.5. The molecule has 2 aromatic heterocycles. The van der Waals surface area contributed by atoms with Crippen LogP contribution in [0.4, 0.5) is 9.93 Å². The van der Waals surface area contributed by atoms with Gasteiger partial charge in [0.15, 0.2) is 5.13 Å². The zero-order chi connectivity index (χ0) is 48.7. The van der Waals surface area contributed by atoms with Gasteiger partial charge in [-0.15, -0.1) is 11.3 Å². The summed E-state index contributed by atoms with van der Waals surface area (Å²) >= 11 is 1.43. The lowest BCUT2D eigenvalue weighted by molar-refractivity contribution is -0.145. The van der Waals surface area contributed by atoms with Crippen molar-refractivity contribution in [3.8, 4) is 22.9 Å². The van der Waals surface area contributed by atoms with Gasteiger partial charge in [0.1, 0.15) is 47.0 Å². The highest BCUT2D eigenvalue weighted by Gasteiger charge is 2.61. The summed E-state index contributed by atoms with van der Waals surface area (Å²) in [7, 11) is -2.64. The number of allylic oxidation sites excluding steroid dienone is 1. The minimum absolute atomic E-state index is 0.0189. The molecule has 8 rings (SSSR count). The van der Waals surface area contributed by atoms with E-state index in [2.05, 4.69) is 21.3 Å². The molecule has 0 spiro atoms. The van der Waals surface area contributed by atoms with E-state index in [1.807, 2.05) is 37.4 Å². The highest BCUT2D eigenvalue weighted by Crippen LogP contribution is 2.46. The molecule has 1 aliphatic carbocycles. The number of aromatic nitrogens is 2. The van der Waals surface area contributed by atoms with E-state index in [0.29, 0.717) is 63.7 Å². The monoisotopic (exact) mass is 970 g/mol. The molecule has 4 aromatic rings. The number of hydrogen-bond donors (Lipinski definition) is 5. The summed E-state index contributed by atoms with van der Waals surface area (Å²) in [6.07, 6.45) is 5.84. The van der Waals surface area contributed by atoms with Gasteiger partial charge in [0.25, 0.3) is 15.9 Å². The number of nitrogens with one attached hydrogen (secondary N) is 4. The molecule has 0 bridgehead atoms. The van der Waals surface area contributed by atoms with Crippen molar-refractivity contribution in [2.75, 3.05) is 19.0 Å². The fourth-order valence-electron chi connectivity index (χ4n) is 9.13. The van der Waals surface area contributed by atoms with Gasteiger partial charge in [-0.1, -0.05) is 64.0 Å². The third-order valence-electron chi connectivity index (χ3n) is 12.9. The lowest BCUT2D eigenvalue weighted by Gasteiger charge is -2.34. The van der Waals surface area contributed by atoms with Gasteiger partial charge in [0.05, 0.1) is 36.3 Å². The molecule has 20 heteroatoms. The predicted octanol–water partition coefficient (Wildman–Crippen LogP) is 5.83. The predicted molar refractivity (Wildman–Crippen MR) is 254 cm³/mol. The summed E-state index contributed by atoms with van der Waals surface area (Å²) in [5, 5.41) is 25.2. The van der Waals surface area contributed by atoms with Crippen LogP contribution in [0.25, 0.3) is 22.3 Å². The van der Waals surface area contributed by atoms with Gasteiger partial charge in [-0.2, -0.15) is 0 Å². The number of fused-ring (bicyclic) bond motifs is 4. The molecule has 5 amide bonds. The average molecular weight is 971 g/mol. The molecule has 362 valence electrons. The van der Waals surface area contributed by atoms with Crippen LogP contribution in [0.3, 0.4) is 0 Å². The van der Waals surface area contributed by atoms with Crippen LogP contribution in [0.5, 0.6) is 11.5 Å². The minimum Gasteiger partial charge on any atom is -0.497 e. The Labute approximate surface area is 399 Å². The first-order chi connectivity index (χ1) is 32.3. The number of rotatable bonds is 10. The number of methoxy groups -OCH3 is 1. The van der Waals surface area contributed by atoms with Crippen molar-refractivity contribution in [3.05, 3.63) is 71.6 Å². The highest BCUT2D eigenvalue weighted by molar-refractivity contribution is 7.90. The Morgan fingerprint density at radius 2 is 1.81 bits per heavy atom. The Bertz CT molecular complexity index is 2770. The molecule has 68 heavy (non-hydrogen) atoms. The van der Waals surface area contributed by atoms with Crippen molar-refractivity contribution in [1.29, 1.82) is 0 Å². The quantitative estimate of drug-likeness (QED) is 0.118. The molecule has 5 heterocycles. The number of carboxylic acid groups (broad SMARTS) is 1. The smallest absolute Gasteiger partial charge is 0.330 e. The van der Waals surface area contributed by atoms with Crippen molar-refractivity contribution in [2.24, 2.45) is 11.3 Å². The Morgan fingerprint density at radius 1 is 1.03 bits per heavy atom. The molecule has 5 N–H and O–H groups in total. The Hall–Kier alpha value is -6.28. The van der Waals surface area contributed by atoms with Gasteiger partial charge in [0, 0.05) is 41.3 Å². The summed E-state index contributed by atoms with van der Waals surface area (Å²) in [6.45, 7) is 8.81. The summed E-state index contributed by atoms with van der Waals surface area (Å²) in [6, 6.07) is 8.97. The maximum Gasteiger partial charge on any atom is 0.330 e. The van der Waals surface area contributed by atoms with Crippen molar-refractivity contribution >= 4 is 67.1 Å². The second-order valence-corrected chi connectivity index (χ2v) is 22.0. The number of nitrogens with zero attached hydrogens (tertiary/aromatic N) is 4. The number of sulfonamides is 1. The van der Waals surface area contributed by atoms with Crippen LogP contribution in [0.15, 0.2) is 71.0 Å². The normalized spacial score (nSPS) is 24.6. The number of anilines is 1. The maximum absolute atomic E-state index is 15.0. The molecule has 3 aliphatic heterocycles. The number of amides is 5. The topological polar surface area (TPSA) is 239 Å². The van der Waals surface area contributed by atoms with Gasteiger partial charge in [-0.05, 0) is 68.7 Å². The van der Waals surface area contributed by atoms with Gasteiger partial charge < -0.3 is 40.7 Å². The largest absolute Gasteiger partial charge is 0.497 e. The zero-order valence-corrected chi connectivity index (χ0v) is 40.5. The molecule has 2 fully saturated rings. The van der Waals surface area contributed by atoms with Crippen LogP contribution in [0.2, 0.25) is 0 Å². The number of urea groups is 1. The number of pyridine rings is 1. The lowest BCUT2D eigenvalue weighted by atomic mass is 9.86. The van der Waals surface area contributed by atoms with Gasteiger partial charge in [0.2, 0.25) is 11.8 Å².